The smallest absolute Gasteiger partial charge is 0.336 e. The summed E-state index contributed by atoms with van der Waals surface area (Å²) in [5.74, 6) is -2.57. The molecule has 0 aliphatic heterocycles. The van der Waals surface area contributed by atoms with Crippen LogP contribution < -0.4 is 0 Å². The molecule has 0 unspecified atom stereocenters. The average molecular weight is 341 g/mol. The Balaban J connectivity index is 2.36. The third-order valence-corrected chi connectivity index (χ3v) is 4.27. The van der Waals surface area contributed by atoms with E-state index >= 15 is 0 Å². The molecule has 0 atom stereocenters. The second-order valence-corrected chi connectivity index (χ2v) is 5.78. The van der Waals surface area contributed by atoms with Gasteiger partial charge in [-0.1, -0.05) is 54.1 Å². The normalized spacial score (nSPS) is 13.8. The van der Waals surface area contributed by atoms with Gasteiger partial charge in [0.05, 0.1) is 11.1 Å². The Labute approximate surface area is 143 Å². The highest BCUT2D eigenvalue weighted by Crippen LogP contribution is 2.36. The molecule has 5 heteroatoms. The van der Waals surface area contributed by atoms with E-state index in [2.05, 4.69) is 0 Å². The largest absolute Gasteiger partial charge is 0.478 e. The van der Waals surface area contributed by atoms with Crippen LogP contribution in [-0.2, 0) is 16.0 Å². The quantitative estimate of drug-likeness (QED) is 0.888. The van der Waals surface area contributed by atoms with Gasteiger partial charge in [0, 0.05) is 5.02 Å². The molecule has 4 nitrogen and oxygen atoms in total. The molecule has 2 N–H and O–H groups in total. The first-order valence-corrected chi connectivity index (χ1v) is 7.61. The fraction of sp³-hybridized carbons (Fsp3) is 0.0526. The number of hydrogen-bond donors (Lipinski definition) is 2. The zero-order valence-corrected chi connectivity index (χ0v) is 13.2. The van der Waals surface area contributed by atoms with Crippen LogP contribution in [0.4, 0.5) is 0 Å². The van der Waals surface area contributed by atoms with E-state index in [4.69, 9.17) is 11.6 Å². The van der Waals surface area contributed by atoms with Gasteiger partial charge < -0.3 is 10.2 Å². The third-order valence-electron chi connectivity index (χ3n) is 3.94. The standard InChI is InChI=1S/C19H13ClO4/c20-16-8-4-7-12-9-14(11-5-2-1-3-6-11)17(19(23)24)15(18(21)22)10-13(12)16/h1-8,10H,9H2,(H,21,22)(H,23,24). The van der Waals surface area contributed by atoms with E-state index in [0.29, 0.717) is 21.7 Å². The van der Waals surface area contributed by atoms with Gasteiger partial charge >= 0.3 is 11.9 Å². The number of fused-ring (bicyclic) bond motifs is 1. The van der Waals surface area contributed by atoms with Crippen molar-refractivity contribution in [1.82, 2.24) is 0 Å². The molecule has 0 aromatic heterocycles. The maximum Gasteiger partial charge on any atom is 0.336 e. The average Bonchev–Trinajstić information content (AvgIpc) is 2.73. The monoisotopic (exact) mass is 340 g/mol. The lowest BCUT2D eigenvalue weighted by molar-refractivity contribution is -0.136. The van der Waals surface area contributed by atoms with Gasteiger partial charge in [-0.15, -0.1) is 0 Å². The topological polar surface area (TPSA) is 74.6 Å². The van der Waals surface area contributed by atoms with E-state index in [9.17, 15) is 19.8 Å². The number of carboxylic acids is 2. The second-order valence-electron chi connectivity index (χ2n) is 5.38. The van der Waals surface area contributed by atoms with Crippen molar-refractivity contribution in [2.45, 2.75) is 6.42 Å². The van der Waals surface area contributed by atoms with Crippen LogP contribution in [0.5, 0.6) is 0 Å². The van der Waals surface area contributed by atoms with Crippen LogP contribution in [0.25, 0.3) is 11.6 Å². The molecule has 0 fully saturated rings. The van der Waals surface area contributed by atoms with Crippen molar-refractivity contribution in [2.24, 2.45) is 0 Å². The van der Waals surface area contributed by atoms with Crippen LogP contribution in [-0.4, -0.2) is 22.2 Å². The van der Waals surface area contributed by atoms with Gasteiger partial charge in [-0.05, 0) is 40.8 Å². The summed E-state index contributed by atoms with van der Waals surface area (Å²) in [5, 5.41) is 19.6. The first kappa shape index (κ1) is 16.0. The van der Waals surface area contributed by atoms with E-state index in [1.54, 1.807) is 36.4 Å². The molecule has 0 bridgehead atoms. The molecule has 2 aromatic rings. The van der Waals surface area contributed by atoms with Gasteiger partial charge in [0.1, 0.15) is 0 Å². The number of aliphatic carboxylic acids is 2. The van der Waals surface area contributed by atoms with Crippen LogP contribution in [0, 0.1) is 0 Å². The maximum absolute atomic E-state index is 11.8. The molecular formula is C19H13ClO4. The van der Waals surface area contributed by atoms with Gasteiger partial charge in [-0.25, -0.2) is 9.59 Å². The molecule has 0 spiro atoms. The number of allylic oxidation sites excluding steroid dienone is 1. The minimum absolute atomic E-state index is 0.207. The summed E-state index contributed by atoms with van der Waals surface area (Å²) in [6.45, 7) is 0. The maximum atomic E-state index is 11.8. The summed E-state index contributed by atoms with van der Waals surface area (Å²) in [6.07, 6.45) is 1.63. The summed E-state index contributed by atoms with van der Waals surface area (Å²) < 4.78 is 0. The van der Waals surface area contributed by atoms with Gasteiger partial charge in [0.2, 0.25) is 0 Å². The van der Waals surface area contributed by atoms with Gasteiger partial charge in [0.15, 0.2) is 0 Å². The van der Waals surface area contributed by atoms with E-state index in [1.165, 1.54) is 6.08 Å². The van der Waals surface area contributed by atoms with Crippen molar-refractivity contribution >= 4 is 35.2 Å². The Bertz CT molecular complexity index is 895. The lowest BCUT2D eigenvalue weighted by atomic mass is 9.92. The highest BCUT2D eigenvalue weighted by molar-refractivity contribution is 6.32. The van der Waals surface area contributed by atoms with Gasteiger partial charge in [-0.2, -0.15) is 0 Å². The van der Waals surface area contributed by atoms with Crippen molar-refractivity contribution < 1.29 is 19.8 Å². The predicted molar refractivity (Wildman–Crippen MR) is 91.8 cm³/mol. The molecule has 24 heavy (non-hydrogen) atoms. The number of benzene rings is 2. The molecule has 2 aromatic carbocycles. The number of halogens is 1. The molecule has 1 aliphatic rings. The van der Waals surface area contributed by atoms with Crippen molar-refractivity contribution in [3.8, 4) is 0 Å². The van der Waals surface area contributed by atoms with Crippen LogP contribution in [0.15, 0.2) is 59.7 Å². The first-order valence-electron chi connectivity index (χ1n) is 7.23. The number of rotatable bonds is 3. The lowest BCUT2D eigenvalue weighted by Crippen LogP contribution is -2.13. The van der Waals surface area contributed by atoms with Crippen molar-refractivity contribution in [3.05, 3.63) is 81.4 Å². The fourth-order valence-corrected chi connectivity index (χ4v) is 3.10. The van der Waals surface area contributed by atoms with Crippen LogP contribution >= 0.6 is 11.6 Å². The van der Waals surface area contributed by atoms with E-state index < -0.39 is 11.9 Å². The zero-order valence-electron chi connectivity index (χ0n) is 12.5. The molecular weight excluding hydrogens is 328 g/mol. The summed E-state index contributed by atoms with van der Waals surface area (Å²) in [6, 6.07) is 14.2. The molecule has 1 aliphatic carbocycles. The second kappa shape index (κ2) is 6.34. The van der Waals surface area contributed by atoms with Crippen molar-refractivity contribution in [3.63, 3.8) is 0 Å². The number of carboxylic acid groups (broad SMARTS) is 2. The number of hydrogen-bond acceptors (Lipinski definition) is 2. The fourth-order valence-electron chi connectivity index (χ4n) is 2.85. The summed E-state index contributed by atoms with van der Waals surface area (Å²) in [7, 11) is 0. The van der Waals surface area contributed by atoms with Crippen LogP contribution in [0.2, 0.25) is 5.02 Å². The van der Waals surface area contributed by atoms with Crippen LogP contribution in [0.3, 0.4) is 0 Å². The Morgan fingerprint density at radius 2 is 1.62 bits per heavy atom. The van der Waals surface area contributed by atoms with E-state index in [0.717, 1.165) is 5.56 Å². The molecule has 0 amide bonds. The Hall–Kier alpha value is -2.85. The minimum Gasteiger partial charge on any atom is -0.478 e. The van der Waals surface area contributed by atoms with E-state index in [-0.39, 0.29) is 17.6 Å². The Morgan fingerprint density at radius 1 is 0.917 bits per heavy atom. The molecule has 3 rings (SSSR count). The molecule has 0 radical (unpaired) electrons. The van der Waals surface area contributed by atoms with Gasteiger partial charge in [-0.3, -0.25) is 0 Å². The first-order chi connectivity index (χ1) is 11.5. The third kappa shape index (κ3) is 2.84. The Morgan fingerprint density at radius 3 is 2.25 bits per heavy atom. The molecule has 120 valence electrons. The Kier molecular flexibility index (Phi) is 4.23. The summed E-state index contributed by atoms with van der Waals surface area (Å²) >= 11 is 6.20. The minimum atomic E-state index is -1.30. The molecule has 0 heterocycles. The van der Waals surface area contributed by atoms with Crippen molar-refractivity contribution in [1.29, 1.82) is 0 Å². The van der Waals surface area contributed by atoms with E-state index in [1.807, 2.05) is 12.1 Å². The SMILES string of the molecule is O=C(O)C1=Cc2c(Cl)cccc2CC(c2ccccc2)=C1C(=O)O. The predicted octanol–water partition coefficient (Wildman–Crippen LogP) is 3.90. The lowest BCUT2D eigenvalue weighted by Gasteiger charge is -2.12. The highest BCUT2D eigenvalue weighted by atomic mass is 35.5. The molecule has 0 saturated carbocycles. The van der Waals surface area contributed by atoms with Gasteiger partial charge in [0.25, 0.3) is 0 Å². The summed E-state index contributed by atoms with van der Waals surface area (Å²) in [5.41, 5.74) is 1.99. The highest BCUT2D eigenvalue weighted by Gasteiger charge is 2.28. The summed E-state index contributed by atoms with van der Waals surface area (Å²) in [4.78, 5) is 23.6. The number of carbonyl (C=O) groups is 2. The molecule has 0 saturated heterocycles. The van der Waals surface area contributed by atoms with Crippen LogP contribution in [0.1, 0.15) is 16.7 Å². The van der Waals surface area contributed by atoms with Crippen molar-refractivity contribution in [2.75, 3.05) is 0 Å². The zero-order chi connectivity index (χ0) is 17.3.